The second-order valence-electron chi connectivity index (χ2n) is 5.06. The largest absolute Gasteiger partial charge is 0.383 e. The van der Waals surface area contributed by atoms with Crippen LogP contribution in [0, 0.1) is 12.7 Å². The third-order valence-electron chi connectivity index (χ3n) is 3.31. The molecule has 0 amide bonds. The van der Waals surface area contributed by atoms with Crippen molar-refractivity contribution in [1.82, 2.24) is 9.55 Å². The fourth-order valence-corrected chi connectivity index (χ4v) is 2.35. The van der Waals surface area contributed by atoms with Crippen LogP contribution in [0.1, 0.15) is 38.1 Å². The van der Waals surface area contributed by atoms with Crippen LogP contribution in [0.3, 0.4) is 0 Å². The van der Waals surface area contributed by atoms with Gasteiger partial charge < -0.3 is 10.3 Å². The molecule has 2 aromatic rings. The normalized spacial score (nSPS) is 11.3. The average molecular weight is 261 g/mol. The Hall–Kier alpha value is -1.84. The second kappa shape index (κ2) is 5.03. The molecule has 4 heteroatoms. The number of halogens is 1. The number of hydrogen-bond acceptors (Lipinski definition) is 2. The molecule has 2 N–H and O–H groups in total. The molecule has 0 aliphatic carbocycles. The highest BCUT2D eigenvalue weighted by Gasteiger charge is 2.18. The average Bonchev–Trinajstić information content (AvgIpc) is 2.66. The highest BCUT2D eigenvalue weighted by atomic mass is 19.1. The van der Waals surface area contributed by atoms with E-state index in [0.29, 0.717) is 11.7 Å². The summed E-state index contributed by atoms with van der Waals surface area (Å²) in [5.41, 5.74) is 8.70. The number of aryl methyl sites for hydroxylation is 1. The van der Waals surface area contributed by atoms with E-state index >= 15 is 0 Å². The van der Waals surface area contributed by atoms with Crippen molar-refractivity contribution in [3.63, 3.8) is 0 Å². The number of nitrogens with zero attached hydrogens (tertiary/aromatic N) is 2. The van der Waals surface area contributed by atoms with Gasteiger partial charge in [-0.05, 0) is 37.6 Å². The Morgan fingerprint density at radius 2 is 2.05 bits per heavy atom. The number of aromatic nitrogens is 2. The fourth-order valence-electron chi connectivity index (χ4n) is 2.35. The van der Waals surface area contributed by atoms with Gasteiger partial charge >= 0.3 is 0 Å². The number of imidazole rings is 1. The quantitative estimate of drug-likeness (QED) is 0.915. The Balaban J connectivity index is 2.63. The predicted molar refractivity (Wildman–Crippen MR) is 76.5 cm³/mol. The molecule has 2 rings (SSSR count). The van der Waals surface area contributed by atoms with Crippen LogP contribution in [0.2, 0.25) is 0 Å². The lowest BCUT2D eigenvalue weighted by Crippen LogP contribution is -2.06. The first-order valence-electron chi connectivity index (χ1n) is 6.58. The zero-order valence-corrected chi connectivity index (χ0v) is 11.9. The topological polar surface area (TPSA) is 43.8 Å². The number of benzene rings is 1. The van der Waals surface area contributed by atoms with Crippen LogP contribution in [-0.2, 0) is 6.54 Å². The third-order valence-corrected chi connectivity index (χ3v) is 3.31. The van der Waals surface area contributed by atoms with Crippen LogP contribution in [-0.4, -0.2) is 9.55 Å². The molecule has 1 aromatic heterocycles. The Bertz CT molecular complexity index is 600. The highest BCUT2D eigenvalue weighted by Crippen LogP contribution is 2.31. The third kappa shape index (κ3) is 2.35. The van der Waals surface area contributed by atoms with Crippen molar-refractivity contribution < 1.29 is 4.39 Å². The van der Waals surface area contributed by atoms with Crippen molar-refractivity contribution in [2.45, 2.75) is 40.2 Å². The molecule has 0 fully saturated rings. The Morgan fingerprint density at radius 3 is 2.53 bits per heavy atom. The summed E-state index contributed by atoms with van der Waals surface area (Å²) in [6.45, 7) is 8.89. The van der Waals surface area contributed by atoms with Crippen LogP contribution < -0.4 is 5.73 Å². The van der Waals surface area contributed by atoms with E-state index in [-0.39, 0.29) is 5.82 Å². The first kappa shape index (κ1) is 13.6. The molecule has 0 aliphatic rings. The lowest BCUT2D eigenvalue weighted by atomic mass is 10.1. The maximum absolute atomic E-state index is 13.2. The fraction of sp³-hybridized carbons (Fsp3) is 0.400. The predicted octanol–water partition coefficient (Wildman–Crippen LogP) is 3.72. The summed E-state index contributed by atoms with van der Waals surface area (Å²) >= 11 is 0. The molecule has 0 saturated carbocycles. The van der Waals surface area contributed by atoms with Gasteiger partial charge in [-0.15, -0.1) is 0 Å². The molecular formula is C15H20FN3. The number of hydrogen-bond donors (Lipinski definition) is 1. The van der Waals surface area contributed by atoms with E-state index in [2.05, 4.69) is 18.8 Å². The first-order chi connectivity index (χ1) is 8.95. The van der Waals surface area contributed by atoms with Gasteiger partial charge in [-0.1, -0.05) is 13.8 Å². The maximum atomic E-state index is 13.2. The van der Waals surface area contributed by atoms with Gasteiger partial charge in [0, 0.05) is 18.0 Å². The molecular weight excluding hydrogens is 241 g/mol. The Labute approximate surface area is 113 Å². The SMILES string of the molecule is CCn1c(C(C)C)nc(-c2ccc(F)cc2C)c1N. The molecule has 3 nitrogen and oxygen atoms in total. The van der Waals surface area contributed by atoms with Crippen LogP contribution in [0.5, 0.6) is 0 Å². The van der Waals surface area contributed by atoms with E-state index in [1.54, 1.807) is 6.07 Å². The van der Waals surface area contributed by atoms with Crippen LogP contribution in [0.25, 0.3) is 11.3 Å². The van der Waals surface area contributed by atoms with Gasteiger partial charge in [0.05, 0.1) is 0 Å². The molecule has 0 aliphatic heterocycles. The summed E-state index contributed by atoms with van der Waals surface area (Å²) in [4.78, 5) is 4.66. The monoisotopic (exact) mass is 261 g/mol. The van der Waals surface area contributed by atoms with Crippen molar-refractivity contribution in [3.05, 3.63) is 35.4 Å². The number of nitrogen functional groups attached to an aromatic ring is 1. The minimum absolute atomic E-state index is 0.237. The molecule has 0 unspecified atom stereocenters. The summed E-state index contributed by atoms with van der Waals surface area (Å²) in [5, 5.41) is 0. The summed E-state index contributed by atoms with van der Waals surface area (Å²) in [6, 6.07) is 4.70. The smallest absolute Gasteiger partial charge is 0.131 e. The summed E-state index contributed by atoms with van der Waals surface area (Å²) in [6.07, 6.45) is 0. The van der Waals surface area contributed by atoms with Gasteiger partial charge in [0.1, 0.15) is 23.2 Å². The van der Waals surface area contributed by atoms with Crippen LogP contribution in [0.4, 0.5) is 10.2 Å². The standard InChI is InChI=1S/C15H20FN3/c1-5-19-14(17)13(18-15(19)9(2)3)12-7-6-11(16)8-10(12)4/h6-9H,5,17H2,1-4H3. The Morgan fingerprint density at radius 1 is 1.37 bits per heavy atom. The molecule has 0 spiro atoms. The highest BCUT2D eigenvalue weighted by molar-refractivity contribution is 5.73. The van der Waals surface area contributed by atoms with Gasteiger partial charge in [0.15, 0.2) is 0 Å². The van der Waals surface area contributed by atoms with Crippen molar-refractivity contribution >= 4 is 5.82 Å². The molecule has 1 aromatic carbocycles. The van der Waals surface area contributed by atoms with Crippen LogP contribution in [0.15, 0.2) is 18.2 Å². The number of anilines is 1. The Kier molecular flexibility index (Phi) is 3.60. The summed E-state index contributed by atoms with van der Waals surface area (Å²) in [7, 11) is 0. The van der Waals surface area contributed by atoms with E-state index < -0.39 is 0 Å². The molecule has 0 saturated heterocycles. The second-order valence-corrected chi connectivity index (χ2v) is 5.06. The minimum atomic E-state index is -0.237. The van der Waals surface area contributed by atoms with E-state index in [4.69, 9.17) is 5.73 Å². The summed E-state index contributed by atoms with van der Waals surface area (Å²) < 4.78 is 15.2. The van der Waals surface area contributed by atoms with Crippen molar-refractivity contribution in [2.24, 2.45) is 0 Å². The van der Waals surface area contributed by atoms with Gasteiger partial charge in [0.2, 0.25) is 0 Å². The summed E-state index contributed by atoms with van der Waals surface area (Å²) in [5.74, 6) is 1.69. The van der Waals surface area contributed by atoms with Gasteiger partial charge in [-0.2, -0.15) is 0 Å². The van der Waals surface area contributed by atoms with Crippen molar-refractivity contribution in [1.29, 1.82) is 0 Å². The van der Waals surface area contributed by atoms with E-state index in [0.717, 1.165) is 29.2 Å². The zero-order chi connectivity index (χ0) is 14.2. The van der Waals surface area contributed by atoms with E-state index in [1.807, 2.05) is 18.4 Å². The van der Waals surface area contributed by atoms with E-state index in [1.165, 1.54) is 12.1 Å². The molecule has 1 heterocycles. The molecule has 0 atom stereocenters. The lowest BCUT2D eigenvalue weighted by molar-refractivity contribution is 0.627. The van der Waals surface area contributed by atoms with Gasteiger partial charge in [-0.25, -0.2) is 9.37 Å². The minimum Gasteiger partial charge on any atom is -0.383 e. The molecule has 102 valence electrons. The zero-order valence-electron chi connectivity index (χ0n) is 11.9. The number of rotatable bonds is 3. The van der Waals surface area contributed by atoms with Crippen molar-refractivity contribution in [2.75, 3.05) is 5.73 Å². The number of nitrogens with two attached hydrogens (primary N) is 1. The molecule has 0 radical (unpaired) electrons. The van der Waals surface area contributed by atoms with Gasteiger partial charge in [0.25, 0.3) is 0 Å². The molecule has 19 heavy (non-hydrogen) atoms. The molecule has 0 bridgehead atoms. The van der Waals surface area contributed by atoms with Gasteiger partial charge in [-0.3, -0.25) is 0 Å². The first-order valence-corrected chi connectivity index (χ1v) is 6.58. The maximum Gasteiger partial charge on any atom is 0.131 e. The lowest BCUT2D eigenvalue weighted by Gasteiger charge is -2.08. The van der Waals surface area contributed by atoms with Crippen LogP contribution >= 0.6 is 0 Å². The van der Waals surface area contributed by atoms with E-state index in [9.17, 15) is 4.39 Å². The van der Waals surface area contributed by atoms with Crippen molar-refractivity contribution in [3.8, 4) is 11.3 Å².